The van der Waals surface area contributed by atoms with Crippen LogP contribution in [0.2, 0.25) is 0 Å². The van der Waals surface area contributed by atoms with E-state index in [-0.39, 0.29) is 5.92 Å². The van der Waals surface area contributed by atoms with Gasteiger partial charge in [-0.3, -0.25) is 9.79 Å². The summed E-state index contributed by atoms with van der Waals surface area (Å²) in [6, 6.07) is 0.301. The monoisotopic (exact) mass is 366 g/mol. The second kappa shape index (κ2) is 12.2. The first-order valence-electron chi connectivity index (χ1n) is 10.6. The van der Waals surface area contributed by atoms with E-state index in [4.69, 9.17) is 4.74 Å². The van der Waals surface area contributed by atoms with Crippen molar-refractivity contribution in [2.45, 2.75) is 70.8 Å². The number of guanidine groups is 1. The molecule has 26 heavy (non-hydrogen) atoms. The van der Waals surface area contributed by atoms with Crippen LogP contribution >= 0.6 is 0 Å². The molecule has 2 rings (SSSR count). The van der Waals surface area contributed by atoms with Gasteiger partial charge in [-0.15, -0.1) is 0 Å². The van der Waals surface area contributed by atoms with Gasteiger partial charge >= 0.3 is 0 Å². The number of carbonyl (C=O) groups is 1. The van der Waals surface area contributed by atoms with Crippen LogP contribution in [0.1, 0.15) is 64.7 Å². The van der Waals surface area contributed by atoms with Crippen LogP contribution in [0.25, 0.3) is 0 Å². The van der Waals surface area contributed by atoms with Gasteiger partial charge in [0.05, 0.1) is 0 Å². The molecule has 6 heteroatoms. The Labute approximate surface area is 159 Å². The van der Waals surface area contributed by atoms with Gasteiger partial charge < -0.3 is 20.3 Å². The number of unbranched alkanes of at least 4 members (excludes halogenated alkanes) is 1. The molecule has 2 aliphatic rings. The number of likely N-dealkylation sites (tertiary alicyclic amines) is 1. The first-order chi connectivity index (χ1) is 12.7. The topological polar surface area (TPSA) is 66.0 Å². The van der Waals surface area contributed by atoms with Gasteiger partial charge in [-0.25, -0.2) is 0 Å². The minimum atomic E-state index is 0.271. The highest BCUT2D eigenvalue weighted by Gasteiger charge is 2.31. The van der Waals surface area contributed by atoms with E-state index in [0.717, 1.165) is 70.9 Å². The Hall–Kier alpha value is -1.30. The third-order valence-electron chi connectivity index (χ3n) is 5.42. The zero-order valence-electron chi connectivity index (χ0n) is 16.8. The molecule has 1 amide bonds. The van der Waals surface area contributed by atoms with Crippen molar-refractivity contribution < 1.29 is 9.53 Å². The van der Waals surface area contributed by atoms with Crippen molar-refractivity contribution in [2.75, 3.05) is 39.9 Å². The molecule has 0 radical (unpaired) electrons. The normalized spacial score (nSPS) is 21.8. The van der Waals surface area contributed by atoms with Crippen LogP contribution in [0.3, 0.4) is 0 Å². The van der Waals surface area contributed by atoms with Crippen LogP contribution in [-0.2, 0) is 9.53 Å². The van der Waals surface area contributed by atoms with Crippen molar-refractivity contribution in [3.63, 3.8) is 0 Å². The van der Waals surface area contributed by atoms with E-state index in [2.05, 4.69) is 27.4 Å². The van der Waals surface area contributed by atoms with Gasteiger partial charge in [0, 0.05) is 51.9 Å². The molecule has 1 unspecified atom stereocenters. The summed E-state index contributed by atoms with van der Waals surface area (Å²) in [4.78, 5) is 19.0. The summed E-state index contributed by atoms with van der Waals surface area (Å²) in [5.74, 6) is 1.48. The SMILES string of the molecule is CCCCOCCCNC(=NC)NC1CCN(C(=O)C2CCCCC2)C1. The highest BCUT2D eigenvalue weighted by atomic mass is 16.5. The molecule has 1 heterocycles. The molecule has 1 aliphatic heterocycles. The smallest absolute Gasteiger partial charge is 0.225 e. The predicted octanol–water partition coefficient (Wildman–Crippen LogP) is 2.54. The number of aliphatic imine (C=N–C) groups is 1. The van der Waals surface area contributed by atoms with Crippen LogP contribution in [0, 0.1) is 5.92 Å². The predicted molar refractivity (Wildman–Crippen MR) is 106 cm³/mol. The molecular weight excluding hydrogens is 328 g/mol. The number of hydrogen-bond acceptors (Lipinski definition) is 3. The van der Waals surface area contributed by atoms with Gasteiger partial charge in [-0.1, -0.05) is 32.6 Å². The fourth-order valence-corrected chi connectivity index (χ4v) is 3.80. The Morgan fingerprint density at radius 1 is 1.15 bits per heavy atom. The molecule has 0 aromatic rings. The lowest BCUT2D eigenvalue weighted by atomic mass is 9.88. The minimum absolute atomic E-state index is 0.271. The van der Waals surface area contributed by atoms with Crippen LogP contribution in [-0.4, -0.2) is 62.7 Å². The number of rotatable bonds is 9. The third kappa shape index (κ3) is 7.14. The summed E-state index contributed by atoms with van der Waals surface area (Å²) < 4.78 is 5.58. The lowest BCUT2D eigenvalue weighted by molar-refractivity contribution is -0.135. The molecule has 1 atom stereocenters. The van der Waals surface area contributed by atoms with Crippen LogP contribution in [0.15, 0.2) is 4.99 Å². The quantitative estimate of drug-likeness (QED) is 0.374. The Bertz CT molecular complexity index is 436. The molecule has 1 aliphatic carbocycles. The summed E-state index contributed by atoms with van der Waals surface area (Å²) in [5, 5.41) is 6.82. The Kier molecular flexibility index (Phi) is 9.82. The molecule has 0 aromatic carbocycles. The summed E-state index contributed by atoms with van der Waals surface area (Å²) in [7, 11) is 1.80. The zero-order valence-corrected chi connectivity index (χ0v) is 16.8. The summed E-state index contributed by atoms with van der Waals surface area (Å²) in [5.41, 5.74) is 0. The molecular formula is C20H38N4O2. The fourth-order valence-electron chi connectivity index (χ4n) is 3.80. The van der Waals surface area contributed by atoms with Gasteiger partial charge in [0.15, 0.2) is 5.96 Å². The molecule has 0 bridgehead atoms. The second-order valence-electron chi connectivity index (χ2n) is 7.57. The Balaban J connectivity index is 1.62. The number of carbonyl (C=O) groups excluding carboxylic acids is 1. The van der Waals surface area contributed by atoms with E-state index in [0.29, 0.717) is 11.9 Å². The van der Waals surface area contributed by atoms with E-state index < -0.39 is 0 Å². The van der Waals surface area contributed by atoms with Crippen LogP contribution in [0.4, 0.5) is 0 Å². The molecule has 2 N–H and O–H groups in total. The molecule has 1 saturated heterocycles. The Morgan fingerprint density at radius 3 is 2.65 bits per heavy atom. The minimum Gasteiger partial charge on any atom is -0.381 e. The maximum absolute atomic E-state index is 12.7. The number of hydrogen-bond donors (Lipinski definition) is 2. The van der Waals surface area contributed by atoms with E-state index >= 15 is 0 Å². The molecule has 0 aromatic heterocycles. The average molecular weight is 367 g/mol. The molecule has 2 fully saturated rings. The number of amides is 1. The first-order valence-corrected chi connectivity index (χ1v) is 10.6. The third-order valence-corrected chi connectivity index (χ3v) is 5.42. The summed E-state index contributed by atoms with van der Waals surface area (Å²) in [6.45, 7) is 6.34. The van der Waals surface area contributed by atoms with Gasteiger partial charge in [-0.05, 0) is 32.1 Å². The summed E-state index contributed by atoms with van der Waals surface area (Å²) in [6.07, 6.45) is 10.2. The molecule has 0 spiro atoms. The van der Waals surface area contributed by atoms with E-state index in [1.807, 2.05) is 0 Å². The largest absolute Gasteiger partial charge is 0.381 e. The zero-order chi connectivity index (χ0) is 18.6. The standard InChI is InChI=1S/C20H38N4O2/c1-3-4-14-26-15-8-12-22-20(21-2)23-18-11-13-24(16-18)19(25)17-9-6-5-7-10-17/h17-18H,3-16H2,1-2H3,(H2,21,22,23). The number of nitrogens with zero attached hydrogens (tertiary/aromatic N) is 2. The van der Waals surface area contributed by atoms with Crippen LogP contribution in [0.5, 0.6) is 0 Å². The van der Waals surface area contributed by atoms with Crippen molar-refractivity contribution in [3.05, 3.63) is 0 Å². The van der Waals surface area contributed by atoms with E-state index in [9.17, 15) is 4.79 Å². The van der Waals surface area contributed by atoms with Crippen molar-refractivity contribution >= 4 is 11.9 Å². The number of ether oxygens (including phenoxy) is 1. The fraction of sp³-hybridized carbons (Fsp3) is 0.900. The van der Waals surface area contributed by atoms with Gasteiger partial charge in [0.25, 0.3) is 0 Å². The van der Waals surface area contributed by atoms with Crippen molar-refractivity contribution in [1.82, 2.24) is 15.5 Å². The molecule has 1 saturated carbocycles. The van der Waals surface area contributed by atoms with E-state index in [1.54, 1.807) is 7.05 Å². The second-order valence-corrected chi connectivity index (χ2v) is 7.57. The van der Waals surface area contributed by atoms with Gasteiger partial charge in [0.1, 0.15) is 0 Å². The van der Waals surface area contributed by atoms with Gasteiger partial charge in [0.2, 0.25) is 5.91 Å². The lowest BCUT2D eigenvalue weighted by Crippen LogP contribution is -2.45. The molecule has 150 valence electrons. The highest BCUT2D eigenvalue weighted by Crippen LogP contribution is 2.26. The van der Waals surface area contributed by atoms with Gasteiger partial charge in [-0.2, -0.15) is 0 Å². The van der Waals surface area contributed by atoms with Crippen molar-refractivity contribution in [3.8, 4) is 0 Å². The number of nitrogens with one attached hydrogen (secondary N) is 2. The van der Waals surface area contributed by atoms with E-state index in [1.165, 1.54) is 25.7 Å². The lowest BCUT2D eigenvalue weighted by Gasteiger charge is -2.26. The average Bonchev–Trinajstić information content (AvgIpc) is 3.15. The maximum atomic E-state index is 12.7. The maximum Gasteiger partial charge on any atom is 0.225 e. The van der Waals surface area contributed by atoms with Crippen molar-refractivity contribution in [1.29, 1.82) is 0 Å². The first kappa shape index (κ1) is 21.0. The molecule has 6 nitrogen and oxygen atoms in total. The highest BCUT2D eigenvalue weighted by molar-refractivity contribution is 5.81. The van der Waals surface area contributed by atoms with Crippen LogP contribution < -0.4 is 10.6 Å². The Morgan fingerprint density at radius 2 is 1.92 bits per heavy atom. The van der Waals surface area contributed by atoms with Crippen molar-refractivity contribution in [2.24, 2.45) is 10.9 Å². The summed E-state index contributed by atoms with van der Waals surface area (Å²) >= 11 is 0.